The van der Waals surface area contributed by atoms with Gasteiger partial charge in [-0.2, -0.15) is 0 Å². The lowest BCUT2D eigenvalue weighted by atomic mass is 9.94. The molecule has 1 unspecified atom stereocenters. The monoisotopic (exact) mass is 230 g/mol. The number of hydrogen-bond acceptors (Lipinski definition) is 2. The third-order valence-electron chi connectivity index (χ3n) is 2.36. The fourth-order valence-electron chi connectivity index (χ4n) is 1.31. The number of hydrogen-bond donors (Lipinski definition) is 0. The third kappa shape index (κ3) is 3.74. The molecule has 0 radical (unpaired) electrons. The van der Waals surface area contributed by atoms with Crippen LogP contribution >= 0.6 is 11.6 Å². The van der Waals surface area contributed by atoms with Crippen molar-refractivity contribution in [2.75, 3.05) is 0 Å². The third-order valence-corrected chi connectivity index (χ3v) is 2.57. The van der Waals surface area contributed by atoms with Gasteiger partial charge in [-0.15, -0.1) is 0 Å². The molecule has 84 valence electrons. The van der Waals surface area contributed by atoms with Gasteiger partial charge in [0.1, 0.15) is 17.1 Å². The molecule has 4 heteroatoms. The van der Waals surface area contributed by atoms with Crippen LogP contribution in [-0.4, -0.2) is 9.97 Å². The van der Waals surface area contributed by atoms with Gasteiger partial charge in [0.05, 0.1) is 5.69 Å². The topological polar surface area (TPSA) is 25.8 Å². The number of aromatic nitrogens is 2. The van der Waals surface area contributed by atoms with Crippen LogP contribution in [0.4, 0.5) is 4.39 Å². The van der Waals surface area contributed by atoms with E-state index >= 15 is 0 Å². The molecular formula is C11H16ClFN2. The second kappa shape index (κ2) is 4.88. The molecule has 15 heavy (non-hydrogen) atoms. The summed E-state index contributed by atoms with van der Waals surface area (Å²) in [6.45, 7) is 5.68. The molecule has 1 aromatic rings. The van der Waals surface area contributed by atoms with Gasteiger partial charge >= 0.3 is 0 Å². The number of rotatable bonds is 4. The second-order valence-electron chi connectivity index (χ2n) is 4.36. The lowest BCUT2D eigenvalue weighted by Crippen LogP contribution is -2.18. The Kier molecular flexibility index (Phi) is 4.03. The average Bonchev–Trinajstić information content (AvgIpc) is 2.15. The Morgan fingerprint density at radius 1 is 1.47 bits per heavy atom. The second-order valence-corrected chi connectivity index (χ2v) is 4.74. The molecule has 1 heterocycles. The van der Waals surface area contributed by atoms with E-state index in [-0.39, 0.29) is 5.15 Å². The first-order valence-electron chi connectivity index (χ1n) is 5.09. The van der Waals surface area contributed by atoms with Crippen molar-refractivity contribution < 1.29 is 4.39 Å². The van der Waals surface area contributed by atoms with E-state index in [2.05, 4.69) is 23.8 Å². The Hall–Kier alpha value is -0.700. The summed E-state index contributed by atoms with van der Waals surface area (Å²) in [6.07, 6.45) is 2.58. The van der Waals surface area contributed by atoms with Crippen LogP contribution in [0.5, 0.6) is 0 Å². The highest BCUT2D eigenvalue weighted by Crippen LogP contribution is 2.31. The van der Waals surface area contributed by atoms with Gasteiger partial charge in [0, 0.05) is 6.07 Å². The van der Waals surface area contributed by atoms with Crippen LogP contribution in [0, 0.1) is 5.92 Å². The van der Waals surface area contributed by atoms with Crippen molar-refractivity contribution in [3.05, 3.63) is 23.2 Å². The Bertz CT molecular complexity index is 326. The Morgan fingerprint density at radius 3 is 2.67 bits per heavy atom. The van der Waals surface area contributed by atoms with Crippen LogP contribution in [0.2, 0.25) is 5.15 Å². The van der Waals surface area contributed by atoms with E-state index < -0.39 is 5.67 Å². The molecule has 0 aliphatic carbocycles. The van der Waals surface area contributed by atoms with Crippen LogP contribution in [0.1, 0.15) is 39.3 Å². The lowest BCUT2D eigenvalue weighted by Gasteiger charge is -2.20. The minimum Gasteiger partial charge on any atom is -0.238 e. The molecule has 0 saturated heterocycles. The zero-order chi connectivity index (χ0) is 11.5. The van der Waals surface area contributed by atoms with E-state index in [9.17, 15) is 4.39 Å². The van der Waals surface area contributed by atoms with Gasteiger partial charge in [0.2, 0.25) is 0 Å². The van der Waals surface area contributed by atoms with E-state index in [0.29, 0.717) is 18.0 Å². The van der Waals surface area contributed by atoms with Gasteiger partial charge in [-0.3, -0.25) is 0 Å². The van der Waals surface area contributed by atoms with Gasteiger partial charge < -0.3 is 0 Å². The van der Waals surface area contributed by atoms with Crippen molar-refractivity contribution in [1.82, 2.24) is 9.97 Å². The molecule has 0 saturated carbocycles. The molecule has 0 spiro atoms. The number of halogens is 2. The SMILES string of the molecule is CC(C)CCC(C)(F)c1cc(Cl)ncn1. The first-order chi connectivity index (χ1) is 6.92. The van der Waals surface area contributed by atoms with E-state index in [1.807, 2.05) is 0 Å². The van der Waals surface area contributed by atoms with Gasteiger partial charge in [-0.25, -0.2) is 14.4 Å². The van der Waals surface area contributed by atoms with Gasteiger partial charge in [0.15, 0.2) is 0 Å². The largest absolute Gasteiger partial charge is 0.238 e. The Labute approximate surface area is 94.9 Å². The molecule has 0 amide bonds. The molecule has 0 fully saturated rings. The summed E-state index contributed by atoms with van der Waals surface area (Å²) >= 11 is 5.70. The molecular weight excluding hydrogens is 215 g/mol. The summed E-state index contributed by atoms with van der Waals surface area (Å²) in [5, 5.41) is 0.286. The van der Waals surface area contributed by atoms with Crippen LogP contribution < -0.4 is 0 Å². The van der Waals surface area contributed by atoms with E-state index in [1.165, 1.54) is 19.3 Å². The summed E-state index contributed by atoms with van der Waals surface area (Å²) in [7, 11) is 0. The van der Waals surface area contributed by atoms with Crippen LogP contribution in [-0.2, 0) is 5.67 Å². The van der Waals surface area contributed by atoms with E-state index in [1.54, 1.807) is 0 Å². The fraction of sp³-hybridized carbons (Fsp3) is 0.636. The van der Waals surface area contributed by atoms with Crippen molar-refractivity contribution >= 4 is 11.6 Å². The minimum atomic E-state index is -1.42. The highest BCUT2D eigenvalue weighted by molar-refractivity contribution is 6.29. The highest BCUT2D eigenvalue weighted by atomic mass is 35.5. The van der Waals surface area contributed by atoms with Crippen molar-refractivity contribution in [2.24, 2.45) is 5.92 Å². The predicted molar refractivity (Wildman–Crippen MR) is 59.6 cm³/mol. The molecule has 1 atom stereocenters. The van der Waals surface area contributed by atoms with Crippen molar-refractivity contribution in [3.8, 4) is 0 Å². The zero-order valence-corrected chi connectivity index (χ0v) is 10.1. The lowest BCUT2D eigenvalue weighted by molar-refractivity contribution is 0.159. The average molecular weight is 231 g/mol. The molecule has 0 N–H and O–H groups in total. The maximum atomic E-state index is 14.2. The molecule has 1 rings (SSSR count). The van der Waals surface area contributed by atoms with Gasteiger partial charge in [-0.05, 0) is 25.7 Å². The van der Waals surface area contributed by atoms with E-state index in [4.69, 9.17) is 11.6 Å². The molecule has 0 aliphatic rings. The first kappa shape index (κ1) is 12.4. The highest BCUT2D eigenvalue weighted by Gasteiger charge is 2.27. The molecule has 0 aromatic carbocycles. The summed E-state index contributed by atoms with van der Waals surface area (Å²) < 4.78 is 14.2. The standard InChI is InChI=1S/C11H16ClFN2/c1-8(2)4-5-11(3,13)9-6-10(12)15-7-14-9/h6-8H,4-5H2,1-3H3. The van der Waals surface area contributed by atoms with Crippen molar-refractivity contribution in [3.63, 3.8) is 0 Å². The minimum absolute atomic E-state index is 0.286. The summed E-state index contributed by atoms with van der Waals surface area (Å²) in [4.78, 5) is 7.65. The zero-order valence-electron chi connectivity index (χ0n) is 9.30. The summed E-state index contributed by atoms with van der Waals surface area (Å²) in [6, 6.07) is 1.49. The van der Waals surface area contributed by atoms with Gasteiger partial charge in [-0.1, -0.05) is 25.4 Å². The normalized spacial score (nSPS) is 15.3. The Balaban J connectivity index is 2.76. The van der Waals surface area contributed by atoms with Crippen LogP contribution in [0.3, 0.4) is 0 Å². The van der Waals surface area contributed by atoms with Crippen molar-refractivity contribution in [2.45, 2.75) is 39.3 Å². The smallest absolute Gasteiger partial charge is 0.150 e. The first-order valence-corrected chi connectivity index (χ1v) is 5.46. The van der Waals surface area contributed by atoms with Crippen LogP contribution in [0.25, 0.3) is 0 Å². The number of nitrogens with zero attached hydrogens (tertiary/aromatic N) is 2. The predicted octanol–water partition coefficient (Wildman–Crippen LogP) is 3.75. The quantitative estimate of drug-likeness (QED) is 0.737. The molecule has 1 aromatic heterocycles. The van der Waals surface area contributed by atoms with Crippen LogP contribution in [0.15, 0.2) is 12.4 Å². The Morgan fingerprint density at radius 2 is 2.13 bits per heavy atom. The number of alkyl halides is 1. The van der Waals surface area contributed by atoms with Crippen molar-refractivity contribution in [1.29, 1.82) is 0 Å². The summed E-state index contributed by atoms with van der Waals surface area (Å²) in [5.74, 6) is 0.484. The summed E-state index contributed by atoms with van der Waals surface area (Å²) in [5.41, 5.74) is -1.06. The van der Waals surface area contributed by atoms with Gasteiger partial charge in [0.25, 0.3) is 0 Å². The molecule has 2 nitrogen and oxygen atoms in total. The maximum absolute atomic E-state index is 14.2. The van der Waals surface area contributed by atoms with E-state index in [0.717, 1.165) is 6.42 Å². The maximum Gasteiger partial charge on any atom is 0.150 e. The molecule has 0 aliphatic heterocycles. The fourth-order valence-corrected chi connectivity index (χ4v) is 1.45. The molecule has 0 bridgehead atoms.